The first-order valence-electron chi connectivity index (χ1n) is 6.50. The Morgan fingerprint density at radius 1 is 1.33 bits per heavy atom. The molecule has 1 atom stereocenters. The first-order valence-corrected chi connectivity index (χ1v) is 7.30. The maximum absolute atomic E-state index is 12.5. The summed E-state index contributed by atoms with van der Waals surface area (Å²) in [4.78, 5) is 12.9. The Morgan fingerprint density at radius 2 is 1.90 bits per heavy atom. The number of hydrogen-bond donors (Lipinski definition) is 0. The van der Waals surface area contributed by atoms with Crippen molar-refractivity contribution < 1.29 is 22.7 Å². The van der Waals surface area contributed by atoms with E-state index in [-0.39, 0.29) is 6.54 Å². The smallest absolute Gasteiger partial charge is 0.406 e. The van der Waals surface area contributed by atoms with Crippen LogP contribution in [0.5, 0.6) is 5.75 Å². The molecule has 0 fully saturated rings. The summed E-state index contributed by atoms with van der Waals surface area (Å²) >= 11 is 3.26. The molecular formula is C14H17BrF3NO2. The van der Waals surface area contributed by atoms with E-state index in [1.165, 1.54) is 6.92 Å². The molecule has 0 N–H and O–H groups in total. The van der Waals surface area contributed by atoms with Gasteiger partial charge in [0.15, 0.2) is 6.10 Å². The molecule has 0 spiro atoms. The summed E-state index contributed by atoms with van der Waals surface area (Å²) in [7, 11) is 0. The molecule has 3 nitrogen and oxygen atoms in total. The van der Waals surface area contributed by atoms with Crippen LogP contribution in [0.3, 0.4) is 0 Å². The van der Waals surface area contributed by atoms with Gasteiger partial charge in [0.2, 0.25) is 0 Å². The third kappa shape index (κ3) is 6.37. The first kappa shape index (κ1) is 17.8. The van der Waals surface area contributed by atoms with E-state index in [0.717, 1.165) is 9.37 Å². The highest BCUT2D eigenvalue weighted by Crippen LogP contribution is 2.20. The van der Waals surface area contributed by atoms with Crippen molar-refractivity contribution in [1.82, 2.24) is 4.90 Å². The molecule has 21 heavy (non-hydrogen) atoms. The van der Waals surface area contributed by atoms with Crippen LogP contribution in [0.25, 0.3) is 0 Å². The fourth-order valence-corrected chi connectivity index (χ4v) is 2.04. The molecule has 1 unspecified atom stereocenters. The van der Waals surface area contributed by atoms with E-state index in [2.05, 4.69) is 15.9 Å². The third-order valence-electron chi connectivity index (χ3n) is 2.65. The van der Waals surface area contributed by atoms with Crippen molar-refractivity contribution in [2.75, 3.05) is 13.1 Å². The SMILES string of the molecule is CCCN(CC(F)(F)F)C(=O)C(C)Oc1ccc(Br)cc1. The number of benzene rings is 1. The number of alkyl halides is 3. The van der Waals surface area contributed by atoms with Crippen LogP contribution in [-0.2, 0) is 4.79 Å². The van der Waals surface area contributed by atoms with E-state index in [1.807, 2.05) is 0 Å². The molecule has 7 heteroatoms. The number of ether oxygens (including phenoxy) is 1. The second kappa shape index (κ2) is 7.68. The van der Waals surface area contributed by atoms with Gasteiger partial charge in [-0.1, -0.05) is 22.9 Å². The molecule has 0 bridgehead atoms. The maximum atomic E-state index is 12.5. The van der Waals surface area contributed by atoms with Crippen LogP contribution in [0.4, 0.5) is 13.2 Å². The molecule has 0 aliphatic heterocycles. The zero-order valence-electron chi connectivity index (χ0n) is 11.8. The Kier molecular flexibility index (Phi) is 6.51. The Labute approximate surface area is 130 Å². The summed E-state index contributed by atoms with van der Waals surface area (Å²) in [5, 5.41) is 0. The minimum atomic E-state index is -4.41. The topological polar surface area (TPSA) is 29.5 Å². The number of amides is 1. The van der Waals surface area contributed by atoms with Gasteiger partial charge in [-0.15, -0.1) is 0 Å². The van der Waals surface area contributed by atoms with Crippen LogP contribution in [-0.4, -0.2) is 36.2 Å². The average molecular weight is 368 g/mol. The highest BCUT2D eigenvalue weighted by molar-refractivity contribution is 9.10. The van der Waals surface area contributed by atoms with E-state index in [9.17, 15) is 18.0 Å². The van der Waals surface area contributed by atoms with E-state index in [1.54, 1.807) is 31.2 Å². The number of hydrogen-bond acceptors (Lipinski definition) is 2. The van der Waals surface area contributed by atoms with Gasteiger partial charge in [0, 0.05) is 11.0 Å². The number of rotatable bonds is 6. The summed E-state index contributed by atoms with van der Waals surface area (Å²) in [6, 6.07) is 6.74. The molecule has 0 saturated carbocycles. The monoisotopic (exact) mass is 367 g/mol. The normalized spacial score (nSPS) is 12.9. The van der Waals surface area contributed by atoms with E-state index in [0.29, 0.717) is 12.2 Å². The van der Waals surface area contributed by atoms with Gasteiger partial charge in [0.05, 0.1) is 0 Å². The van der Waals surface area contributed by atoms with Gasteiger partial charge in [-0.25, -0.2) is 0 Å². The Morgan fingerprint density at radius 3 is 2.38 bits per heavy atom. The van der Waals surface area contributed by atoms with Gasteiger partial charge in [-0.05, 0) is 37.6 Å². The summed E-state index contributed by atoms with van der Waals surface area (Å²) in [6.07, 6.45) is -4.94. The quantitative estimate of drug-likeness (QED) is 0.759. The predicted molar refractivity (Wildman–Crippen MR) is 77.2 cm³/mol. The minimum absolute atomic E-state index is 0.0480. The van der Waals surface area contributed by atoms with Gasteiger partial charge in [-0.3, -0.25) is 4.79 Å². The molecule has 118 valence electrons. The average Bonchev–Trinajstić information content (AvgIpc) is 2.38. The van der Waals surface area contributed by atoms with E-state index in [4.69, 9.17) is 4.74 Å². The molecule has 0 heterocycles. The number of halogens is 4. The second-order valence-corrected chi connectivity index (χ2v) is 5.50. The van der Waals surface area contributed by atoms with Gasteiger partial charge in [0.25, 0.3) is 5.91 Å². The van der Waals surface area contributed by atoms with Crippen molar-refractivity contribution in [1.29, 1.82) is 0 Å². The largest absolute Gasteiger partial charge is 0.481 e. The lowest BCUT2D eigenvalue weighted by molar-refractivity contribution is -0.165. The van der Waals surface area contributed by atoms with Crippen molar-refractivity contribution >= 4 is 21.8 Å². The zero-order valence-corrected chi connectivity index (χ0v) is 13.4. The van der Waals surface area contributed by atoms with Crippen LogP contribution in [0.1, 0.15) is 20.3 Å². The van der Waals surface area contributed by atoms with Crippen molar-refractivity contribution in [3.63, 3.8) is 0 Å². The first-order chi connectivity index (χ1) is 9.73. The standard InChI is InChI=1S/C14H17BrF3NO2/c1-3-8-19(9-14(16,17)18)13(20)10(2)21-12-6-4-11(15)5-7-12/h4-7,10H,3,8-9H2,1-2H3. The number of carbonyl (C=O) groups is 1. The lowest BCUT2D eigenvalue weighted by atomic mass is 10.3. The van der Waals surface area contributed by atoms with Crippen LogP contribution >= 0.6 is 15.9 Å². The van der Waals surface area contributed by atoms with Crippen molar-refractivity contribution in [2.45, 2.75) is 32.5 Å². The second-order valence-electron chi connectivity index (χ2n) is 4.59. The van der Waals surface area contributed by atoms with Gasteiger partial charge in [-0.2, -0.15) is 13.2 Å². The van der Waals surface area contributed by atoms with Crippen LogP contribution in [0.15, 0.2) is 28.7 Å². The molecular weight excluding hydrogens is 351 g/mol. The number of nitrogens with zero attached hydrogens (tertiary/aromatic N) is 1. The Hall–Kier alpha value is -1.24. The molecule has 1 rings (SSSR count). The molecule has 0 saturated heterocycles. The molecule has 1 aromatic carbocycles. The number of carbonyl (C=O) groups excluding carboxylic acids is 1. The molecule has 0 radical (unpaired) electrons. The molecule has 0 aliphatic carbocycles. The molecule has 0 aromatic heterocycles. The molecule has 1 amide bonds. The predicted octanol–water partition coefficient (Wildman–Crippen LogP) is 4.02. The summed E-state index contributed by atoms with van der Waals surface area (Å²) < 4.78 is 43.7. The van der Waals surface area contributed by atoms with Gasteiger partial charge >= 0.3 is 6.18 Å². The Balaban J connectivity index is 2.71. The third-order valence-corrected chi connectivity index (χ3v) is 3.18. The van der Waals surface area contributed by atoms with Gasteiger partial charge in [0.1, 0.15) is 12.3 Å². The van der Waals surface area contributed by atoms with E-state index < -0.39 is 24.7 Å². The fourth-order valence-electron chi connectivity index (χ4n) is 1.78. The van der Waals surface area contributed by atoms with Crippen molar-refractivity contribution in [2.24, 2.45) is 0 Å². The highest BCUT2D eigenvalue weighted by Gasteiger charge is 2.34. The van der Waals surface area contributed by atoms with Crippen LogP contribution < -0.4 is 4.74 Å². The molecule has 0 aliphatic rings. The van der Waals surface area contributed by atoms with E-state index >= 15 is 0 Å². The lowest BCUT2D eigenvalue weighted by Gasteiger charge is -2.26. The maximum Gasteiger partial charge on any atom is 0.406 e. The zero-order chi connectivity index (χ0) is 16.0. The lowest BCUT2D eigenvalue weighted by Crippen LogP contribution is -2.45. The fraction of sp³-hybridized carbons (Fsp3) is 0.500. The summed E-state index contributed by atoms with van der Waals surface area (Å²) in [6.45, 7) is 1.96. The highest BCUT2D eigenvalue weighted by atomic mass is 79.9. The Bertz CT molecular complexity index is 462. The van der Waals surface area contributed by atoms with Gasteiger partial charge < -0.3 is 9.64 Å². The summed E-state index contributed by atoms with van der Waals surface area (Å²) in [5.41, 5.74) is 0. The van der Waals surface area contributed by atoms with Crippen LogP contribution in [0, 0.1) is 0 Å². The minimum Gasteiger partial charge on any atom is -0.481 e. The summed E-state index contributed by atoms with van der Waals surface area (Å²) in [5.74, 6) is -0.236. The molecule has 1 aromatic rings. The van der Waals surface area contributed by atoms with Crippen LogP contribution in [0.2, 0.25) is 0 Å². The van der Waals surface area contributed by atoms with Crippen molar-refractivity contribution in [3.05, 3.63) is 28.7 Å². The van der Waals surface area contributed by atoms with Crippen molar-refractivity contribution in [3.8, 4) is 5.75 Å².